The minimum Gasteiger partial charge on any atom is -0.361 e. The average Bonchev–Trinajstić information content (AvgIpc) is 3.06. The molecule has 4 heteroatoms. The monoisotopic (exact) mass is 257 g/mol. The number of carbonyl (C=O) groups excluding carboxylic acids is 1. The molecule has 100 valence electrons. The van der Waals surface area contributed by atoms with Crippen molar-refractivity contribution >= 4 is 16.8 Å². The van der Waals surface area contributed by atoms with Crippen LogP contribution in [0.3, 0.4) is 0 Å². The molecule has 1 aromatic carbocycles. The van der Waals surface area contributed by atoms with E-state index in [4.69, 9.17) is 0 Å². The number of H-pyrrole nitrogens is 1. The molecule has 2 aromatic rings. The Morgan fingerprint density at radius 1 is 1.47 bits per heavy atom. The second-order valence-electron chi connectivity index (χ2n) is 5.21. The van der Waals surface area contributed by atoms with E-state index in [0.717, 1.165) is 42.5 Å². The molecule has 1 atom stereocenters. The minimum absolute atomic E-state index is 0.145. The number of aromatic amines is 1. The largest absolute Gasteiger partial charge is 0.361 e. The van der Waals surface area contributed by atoms with Crippen LogP contribution >= 0.6 is 0 Å². The number of rotatable bonds is 3. The number of fused-ring (bicyclic) bond motifs is 1. The summed E-state index contributed by atoms with van der Waals surface area (Å²) in [6, 6.07) is 7.88. The molecule has 0 aliphatic carbocycles. The maximum atomic E-state index is 12.6. The zero-order valence-electron chi connectivity index (χ0n) is 11.1. The van der Waals surface area contributed by atoms with Crippen LogP contribution in [0.25, 0.3) is 10.9 Å². The first-order valence-corrected chi connectivity index (χ1v) is 6.79. The highest BCUT2D eigenvalue weighted by atomic mass is 16.2. The fourth-order valence-corrected chi connectivity index (χ4v) is 2.91. The smallest absolute Gasteiger partial charge is 0.255 e. The van der Waals surface area contributed by atoms with Gasteiger partial charge in [-0.25, -0.2) is 0 Å². The van der Waals surface area contributed by atoms with Gasteiger partial charge in [0, 0.05) is 24.7 Å². The summed E-state index contributed by atoms with van der Waals surface area (Å²) in [4.78, 5) is 17.7. The standard InChI is InChI=1S/C15H19N3O/c1-16-9-11-6-8-18(10-11)15(19)13-4-2-3-12-5-7-17-14(12)13/h2-5,7,11,16-17H,6,8-10H2,1H3. The Kier molecular flexibility index (Phi) is 3.25. The van der Waals surface area contributed by atoms with Crippen LogP contribution in [-0.2, 0) is 0 Å². The Balaban J connectivity index is 1.83. The van der Waals surface area contributed by atoms with Crippen LogP contribution in [0.1, 0.15) is 16.8 Å². The molecular weight excluding hydrogens is 238 g/mol. The third-order valence-electron chi connectivity index (χ3n) is 3.88. The topological polar surface area (TPSA) is 48.1 Å². The molecule has 1 aliphatic rings. The average molecular weight is 257 g/mol. The summed E-state index contributed by atoms with van der Waals surface area (Å²) < 4.78 is 0. The maximum Gasteiger partial charge on any atom is 0.255 e. The molecule has 1 unspecified atom stereocenters. The van der Waals surface area contributed by atoms with Crippen LogP contribution in [-0.4, -0.2) is 42.5 Å². The van der Waals surface area contributed by atoms with Crippen LogP contribution in [0, 0.1) is 5.92 Å². The zero-order valence-corrected chi connectivity index (χ0v) is 11.1. The molecule has 1 aliphatic heterocycles. The van der Waals surface area contributed by atoms with Gasteiger partial charge in [-0.2, -0.15) is 0 Å². The molecule has 4 nitrogen and oxygen atoms in total. The molecule has 1 aromatic heterocycles. The van der Waals surface area contributed by atoms with E-state index in [1.165, 1.54) is 0 Å². The summed E-state index contributed by atoms with van der Waals surface area (Å²) in [7, 11) is 1.96. The van der Waals surface area contributed by atoms with Crippen molar-refractivity contribution < 1.29 is 4.79 Å². The quantitative estimate of drug-likeness (QED) is 0.881. The van der Waals surface area contributed by atoms with E-state index in [2.05, 4.69) is 10.3 Å². The number of para-hydroxylation sites is 1. The predicted octanol–water partition coefficient (Wildman–Crippen LogP) is 1.85. The summed E-state index contributed by atoms with van der Waals surface area (Å²) >= 11 is 0. The molecule has 0 radical (unpaired) electrons. The van der Waals surface area contributed by atoms with Gasteiger partial charge < -0.3 is 15.2 Å². The van der Waals surface area contributed by atoms with E-state index < -0.39 is 0 Å². The third-order valence-corrected chi connectivity index (χ3v) is 3.88. The molecule has 19 heavy (non-hydrogen) atoms. The Morgan fingerprint density at radius 3 is 3.21 bits per heavy atom. The highest BCUT2D eigenvalue weighted by Crippen LogP contribution is 2.22. The lowest BCUT2D eigenvalue weighted by Crippen LogP contribution is -2.30. The van der Waals surface area contributed by atoms with Gasteiger partial charge in [0.25, 0.3) is 5.91 Å². The normalized spacial score (nSPS) is 19.2. The van der Waals surface area contributed by atoms with Crippen LogP contribution in [0.5, 0.6) is 0 Å². The van der Waals surface area contributed by atoms with Crippen LogP contribution in [0.4, 0.5) is 0 Å². The molecule has 2 N–H and O–H groups in total. The summed E-state index contributed by atoms with van der Waals surface area (Å²) in [5.74, 6) is 0.725. The third kappa shape index (κ3) is 2.24. The van der Waals surface area contributed by atoms with E-state index in [9.17, 15) is 4.79 Å². The molecular formula is C15H19N3O. The van der Waals surface area contributed by atoms with E-state index in [-0.39, 0.29) is 5.91 Å². The van der Waals surface area contributed by atoms with Gasteiger partial charge in [0.15, 0.2) is 0 Å². The Bertz CT molecular complexity index is 590. The second kappa shape index (κ2) is 5.05. The number of aromatic nitrogens is 1. The van der Waals surface area contributed by atoms with Gasteiger partial charge in [0.1, 0.15) is 0 Å². The highest BCUT2D eigenvalue weighted by Gasteiger charge is 2.27. The zero-order chi connectivity index (χ0) is 13.2. The maximum absolute atomic E-state index is 12.6. The van der Waals surface area contributed by atoms with Crippen molar-refractivity contribution in [3.8, 4) is 0 Å². The van der Waals surface area contributed by atoms with Crippen molar-refractivity contribution in [2.75, 3.05) is 26.7 Å². The SMILES string of the molecule is CNCC1CCN(C(=O)c2cccc3cc[nH]c23)C1. The lowest BCUT2D eigenvalue weighted by molar-refractivity contribution is 0.0789. The van der Waals surface area contributed by atoms with Crippen molar-refractivity contribution in [3.05, 3.63) is 36.0 Å². The highest BCUT2D eigenvalue weighted by molar-refractivity contribution is 6.05. The molecule has 0 bridgehead atoms. The molecule has 1 amide bonds. The number of amides is 1. The van der Waals surface area contributed by atoms with Gasteiger partial charge in [-0.05, 0) is 38.1 Å². The number of likely N-dealkylation sites (tertiary alicyclic amines) is 1. The van der Waals surface area contributed by atoms with Crippen molar-refractivity contribution in [1.82, 2.24) is 15.2 Å². The first kappa shape index (κ1) is 12.2. The van der Waals surface area contributed by atoms with Crippen molar-refractivity contribution in [2.24, 2.45) is 5.92 Å². The molecule has 3 rings (SSSR count). The van der Waals surface area contributed by atoms with Crippen LogP contribution in [0.2, 0.25) is 0 Å². The van der Waals surface area contributed by atoms with Gasteiger partial charge >= 0.3 is 0 Å². The first-order chi connectivity index (χ1) is 9.29. The van der Waals surface area contributed by atoms with Gasteiger partial charge in [0.2, 0.25) is 0 Å². The van der Waals surface area contributed by atoms with E-state index >= 15 is 0 Å². The summed E-state index contributed by atoms with van der Waals surface area (Å²) in [6.45, 7) is 2.70. The molecule has 2 heterocycles. The van der Waals surface area contributed by atoms with Crippen molar-refractivity contribution in [1.29, 1.82) is 0 Å². The summed E-state index contributed by atoms with van der Waals surface area (Å²) in [6.07, 6.45) is 2.97. The number of hydrogen-bond donors (Lipinski definition) is 2. The van der Waals surface area contributed by atoms with Crippen LogP contribution in [0.15, 0.2) is 30.5 Å². The first-order valence-electron chi connectivity index (χ1n) is 6.79. The van der Waals surface area contributed by atoms with E-state index in [1.807, 2.05) is 42.4 Å². The number of carbonyl (C=O) groups is 1. The Labute approximate surface area is 112 Å². The number of nitrogens with zero attached hydrogens (tertiary/aromatic N) is 1. The minimum atomic E-state index is 0.145. The van der Waals surface area contributed by atoms with Gasteiger partial charge in [-0.15, -0.1) is 0 Å². The lowest BCUT2D eigenvalue weighted by Gasteiger charge is -2.17. The number of hydrogen-bond acceptors (Lipinski definition) is 2. The molecule has 0 saturated carbocycles. The fraction of sp³-hybridized carbons (Fsp3) is 0.400. The van der Waals surface area contributed by atoms with Crippen molar-refractivity contribution in [2.45, 2.75) is 6.42 Å². The van der Waals surface area contributed by atoms with Gasteiger partial charge in [0.05, 0.1) is 11.1 Å². The molecule has 1 fully saturated rings. The number of benzene rings is 1. The van der Waals surface area contributed by atoms with E-state index in [0.29, 0.717) is 5.92 Å². The second-order valence-corrected chi connectivity index (χ2v) is 5.21. The van der Waals surface area contributed by atoms with Gasteiger partial charge in [-0.3, -0.25) is 4.79 Å². The Hall–Kier alpha value is -1.81. The van der Waals surface area contributed by atoms with Gasteiger partial charge in [-0.1, -0.05) is 12.1 Å². The van der Waals surface area contributed by atoms with Crippen LogP contribution < -0.4 is 5.32 Å². The molecule has 1 saturated heterocycles. The number of nitrogens with one attached hydrogen (secondary N) is 2. The molecule has 0 spiro atoms. The predicted molar refractivity (Wildman–Crippen MR) is 76.2 cm³/mol. The Morgan fingerprint density at radius 2 is 2.37 bits per heavy atom. The fourth-order valence-electron chi connectivity index (χ4n) is 2.91. The lowest BCUT2D eigenvalue weighted by atomic mass is 10.1. The van der Waals surface area contributed by atoms with Crippen molar-refractivity contribution in [3.63, 3.8) is 0 Å². The summed E-state index contributed by atoms with van der Waals surface area (Å²) in [5.41, 5.74) is 1.73. The summed E-state index contributed by atoms with van der Waals surface area (Å²) in [5, 5.41) is 4.28. The van der Waals surface area contributed by atoms with E-state index in [1.54, 1.807) is 0 Å².